The quantitative estimate of drug-likeness (QED) is 0.765. The molecule has 2 heterocycles. The first-order valence-electron chi connectivity index (χ1n) is 3.58. The Morgan fingerprint density at radius 2 is 2.29 bits per heavy atom. The van der Waals surface area contributed by atoms with Crippen LogP contribution in [0.15, 0.2) is 27.2 Å². The molecule has 0 aromatic carbocycles. The van der Waals surface area contributed by atoms with Crippen LogP contribution < -0.4 is 0 Å². The second-order valence-electron chi connectivity index (χ2n) is 2.23. The van der Waals surface area contributed by atoms with Crippen LogP contribution in [0.4, 0.5) is 8.78 Å². The lowest BCUT2D eigenvalue weighted by Crippen LogP contribution is -1.80. The molecule has 0 bridgehead atoms. The third-order valence-electron chi connectivity index (χ3n) is 1.33. The molecule has 7 heteroatoms. The van der Waals surface area contributed by atoms with Crippen LogP contribution in [-0.4, -0.2) is 16.0 Å². The van der Waals surface area contributed by atoms with Crippen molar-refractivity contribution in [2.24, 2.45) is 0 Å². The van der Waals surface area contributed by atoms with Crippen LogP contribution in [0.25, 0.3) is 10.8 Å². The summed E-state index contributed by atoms with van der Waals surface area (Å²) in [6, 6.07) is 3.61. The van der Waals surface area contributed by atoms with Gasteiger partial charge in [-0.1, -0.05) is 6.07 Å². The van der Waals surface area contributed by atoms with Crippen LogP contribution in [0.2, 0.25) is 0 Å². The number of thiophene rings is 1. The molecule has 0 saturated heterocycles. The number of hydrogen-bond acceptors (Lipinski definition) is 5. The average Bonchev–Trinajstić information content (AvgIpc) is 2.69. The molecule has 3 nitrogen and oxygen atoms in total. The van der Waals surface area contributed by atoms with Gasteiger partial charge in [0.15, 0.2) is 0 Å². The second-order valence-corrected chi connectivity index (χ2v) is 4.12. The number of thioether (sulfide) groups is 1. The lowest BCUT2D eigenvalue weighted by atomic mass is 10.5. The molecule has 0 spiro atoms. The summed E-state index contributed by atoms with van der Waals surface area (Å²) >= 11 is 1.66. The van der Waals surface area contributed by atoms with Crippen molar-refractivity contribution in [3.8, 4) is 10.8 Å². The molecule has 0 saturated carbocycles. The van der Waals surface area contributed by atoms with E-state index in [1.807, 2.05) is 11.4 Å². The summed E-state index contributed by atoms with van der Waals surface area (Å²) in [5.74, 6) is -2.25. The molecule has 2 rings (SSSR count). The molecule has 2 aromatic rings. The molecule has 2 aromatic heterocycles. The Morgan fingerprint density at radius 3 is 2.93 bits per heavy atom. The topological polar surface area (TPSA) is 38.9 Å². The third-order valence-corrected chi connectivity index (χ3v) is 2.73. The van der Waals surface area contributed by atoms with E-state index in [4.69, 9.17) is 4.42 Å². The normalized spacial score (nSPS) is 11.1. The van der Waals surface area contributed by atoms with Gasteiger partial charge in [0.2, 0.25) is 0 Å². The molecule has 0 N–H and O–H groups in total. The van der Waals surface area contributed by atoms with E-state index < -0.39 is 5.76 Å². The largest absolute Gasteiger partial charge is 0.410 e. The van der Waals surface area contributed by atoms with Crippen molar-refractivity contribution in [3.63, 3.8) is 0 Å². The van der Waals surface area contributed by atoms with Gasteiger partial charge < -0.3 is 4.42 Å². The van der Waals surface area contributed by atoms with E-state index in [-0.39, 0.29) is 22.9 Å². The number of hydrogen-bond donors (Lipinski definition) is 0. The minimum atomic E-state index is -2.54. The minimum Gasteiger partial charge on any atom is -0.410 e. The van der Waals surface area contributed by atoms with E-state index in [1.165, 1.54) is 11.3 Å². The summed E-state index contributed by atoms with van der Waals surface area (Å²) in [7, 11) is 0. The molecule has 74 valence electrons. The summed E-state index contributed by atoms with van der Waals surface area (Å²) in [5.41, 5.74) is 0. The Hall–Kier alpha value is -0.950. The van der Waals surface area contributed by atoms with E-state index in [0.717, 1.165) is 4.88 Å². The molecule has 0 atom stereocenters. The highest BCUT2D eigenvalue weighted by molar-refractivity contribution is 7.99. The van der Waals surface area contributed by atoms with Gasteiger partial charge in [0.1, 0.15) is 0 Å². The van der Waals surface area contributed by atoms with Crippen LogP contribution >= 0.6 is 23.1 Å². The van der Waals surface area contributed by atoms with Crippen molar-refractivity contribution in [1.82, 2.24) is 10.2 Å². The lowest BCUT2D eigenvalue weighted by molar-refractivity contribution is 0.249. The summed E-state index contributed by atoms with van der Waals surface area (Å²) in [6.07, 6.45) is 0. The SMILES string of the molecule is FC(F)Sc1nnc(-c2cccs2)o1. The van der Waals surface area contributed by atoms with Crippen molar-refractivity contribution in [2.45, 2.75) is 11.0 Å². The second kappa shape index (κ2) is 4.05. The van der Waals surface area contributed by atoms with Gasteiger partial charge in [-0.2, -0.15) is 8.78 Å². The summed E-state index contributed by atoms with van der Waals surface area (Å²) in [4.78, 5) is 0.776. The monoisotopic (exact) mass is 234 g/mol. The van der Waals surface area contributed by atoms with Crippen LogP contribution in [-0.2, 0) is 0 Å². The van der Waals surface area contributed by atoms with Gasteiger partial charge in [-0.05, 0) is 11.4 Å². The van der Waals surface area contributed by atoms with Gasteiger partial charge in [0.25, 0.3) is 16.9 Å². The molecule has 0 fully saturated rings. The summed E-state index contributed by atoms with van der Waals surface area (Å²) in [6.45, 7) is 0. The Morgan fingerprint density at radius 1 is 1.43 bits per heavy atom. The predicted octanol–water partition coefficient (Wildman–Crippen LogP) is 3.11. The van der Waals surface area contributed by atoms with Crippen LogP contribution in [0, 0.1) is 0 Å². The molecule has 0 unspecified atom stereocenters. The van der Waals surface area contributed by atoms with Crippen molar-refractivity contribution in [3.05, 3.63) is 17.5 Å². The number of halogens is 2. The Labute approximate surface area is 86.2 Å². The number of nitrogens with zero attached hydrogens (tertiary/aromatic N) is 2. The smallest absolute Gasteiger partial charge is 0.293 e. The van der Waals surface area contributed by atoms with E-state index >= 15 is 0 Å². The molecule has 0 aliphatic rings. The Balaban J connectivity index is 2.18. The Kier molecular flexibility index (Phi) is 2.78. The first-order valence-corrected chi connectivity index (χ1v) is 5.34. The highest BCUT2D eigenvalue weighted by atomic mass is 32.2. The van der Waals surface area contributed by atoms with Crippen molar-refractivity contribution in [2.75, 3.05) is 0 Å². The molecular formula is C7H4F2N2OS2. The van der Waals surface area contributed by atoms with Gasteiger partial charge in [-0.15, -0.1) is 21.5 Å². The zero-order chi connectivity index (χ0) is 9.97. The van der Waals surface area contributed by atoms with Gasteiger partial charge in [0.05, 0.1) is 4.88 Å². The number of alkyl halides is 2. The van der Waals surface area contributed by atoms with E-state index in [0.29, 0.717) is 0 Å². The average molecular weight is 234 g/mol. The maximum atomic E-state index is 11.9. The molecular weight excluding hydrogens is 230 g/mol. The van der Waals surface area contributed by atoms with Crippen LogP contribution in [0.5, 0.6) is 0 Å². The molecule has 0 radical (unpaired) electrons. The summed E-state index contributed by atoms with van der Waals surface area (Å²) < 4.78 is 28.8. The minimum absolute atomic E-state index is 0.108. The van der Waals surface area contributed by atoms with Crippen LogP contribution in [0.3, 0.4) is 0 Å². The maximum Gasteiger partial charge on any atom is 0.293 e. The van der Waals surface area contributed by atoms with Crippen molar-refractivity contribution in [1.29, 1.82) is 0 Å². The van der Waals surface area contributed by atoms with Crippen molar-refractivity contribution < 1.29 is 13.2 Å². The molecule has 0 aliphatic carbocycles. The lowest BCUT2D eigenvalue weighted by Gasteiger charge is -1.89. The Bertz CT molecular complexity index is 401. The molecule has 14 heavy (non-hydrogen) atoms. The molecule has 0 aliphatic heterocycles. The molecule has 0 amide bonds. The number of rotatable bonds is 3. The summed E-state index contributed by atoms with van der Waals surface area (Å²) in [5, 5.41) is 8.88. The fourth-order valence-electron chi connectivity index (χ4n) is 0.833. The van der Waals surface area contributed by atoms with E-state index in [1.54, 1.807) is 6.07 Å². The van der Waals surface area contributed by atoms with Gasteiger partial charge in [-0.25, -0.2) is 0 Å². The standard InChI is InChI=1S/C7H4F2N2OS2/c8-6(9)14-7-11-10-5(12-7)4-2-1-3-13-4/h1-3,6H. The first-order chi connectivity index (χ1) is 6.75. The fourth-order valence-corrected chi connectivity index (χ4v) is 1.85. The predicted molar refractivity (Wildman–Crippen MR) is 49.5 cm³/mol. The zero-order valence-electron chi connectivity index (χ0n) is 6.68. The highest BCUT2D eigenvalue weighted by Gasteiger charge is 2.14. The maximum absolute atomic E-state index is 11.9. The first kappa shape index (κ1) is 9.60. The number of aromatic nitrogens is 2. The van der Waals surface area contributed by atoms with Crippen molar-refractivity contribution >= 4 is 23.1 Å². The third kappa shape index (κ3) is 2.10. The fraction of sp³-hybridized carbons (Fsp3) is 0.143. The van der Waals surface area contributed by atoms with Gasteiger partial charge in [0, 0.05) is 11.8 Å². The van der Waals surface area contributed by atoms with Gasteiger partial charge >= 0.3 is 0 Å². The highest BCUT2D eigenvalue weighted by Crippen LogP contribution is 2.28. The van der Waals surface area contributed by atoms with E-state index in [2.05, 4.69) is 10.2 Å². The van der Waals surface area contributed by atoms with Gasteiger partial charge in [-0.3, -0.25) is 0 Å². The van der Waals surface area contributed by atoms with E-state index in [9.17, 15) is 8.78 Å². The zero-order valence-corrected chi connectivity index (χ0v) is 8.32. The van der Waals surface area contributed by atoms with Crippen LogP contribution in [0.1, 0.15) is 0 Å².